The van der Waals surface area contributed by atoms with Crippen LogP contribution >= 0.6 is 27.3 Å². The molecule has 0 fully saturated rings. The summed E-state index contributed by atoms with van der Waals surface area (Å²) in [4.78, 5) is 10.4. The number of nitrogens with zero attached hydrogens (tertiary/aromatic N) is 2. The van der Waals surface area contributed by atoms with E-state index in [1.807, 2.05) is 6.07 Å². The average molecular weight is 369 g/mol. The molecule has 0 radical (unpaired) electrons. The lowest BCUT2D eigenvalue weighted by Crippen LogP contribution is -2.08. The second-order valence-corrected chi connectivity index (χ2v) is 6.73. The predicted octanol–water partition coefficient (Wildman–Crippen LogP) is 4.69. The van der Waals surface area contributed by atoms with Crippen LogP contribution in [0.15, 0.2) is 22.0 Å². The minimum atomic E-state index is 0.784. The third-order valence-corrected chi connectivity index (χ3v) is 4.57. The standard InChI is InChI=1S/C15H21BrN4S/c1-3-5-13-19-14(17-6-4-2)8-15(20-13)18-9-12-7-11(16)10-21-12/h7-8,10H,3-6,9H2,1-2H3,(H2,17,18,19,20). The van der Waals surface area contributed by atoms with E-state index in [2.05, 4.69) is 61.8 Å². The highest BCUT2D eigenvalue weighted by atomic mass is 79.9. The summed E-state index contributed by atoms with van der Waals surface area (Å²) in [6.45, 7) is 6.01. The highest BCUT2D eigenvalue weighted by Crippen LogP contribution is 2.21. The van der Waals surface area contributed by atoms with Crippen molar-refractivity contribution < 1.29 is 0 Å². The second kappa shape index (κ2) is 8.34. The van der Waals surface area contributed by atoms with Gasteiger partial charge in [0.1, 0.15) is 17.5 Å². The van der Waals surface area contributed by atoms with Gasteiger partial charge in [-0.3, -0.25) is 0 Å². The maximum atomic E-state index is 4.58. The molecule has 0 aromatic carbocycles. The molecule has 0 aliphatic carbocycles. The van der Waals surface area contributed by atoms with Gasteiger partial charge in [-0.05, 0) is 34.8 Å². The van der Waals surface area contributed by atoms with E-state index in [1.54, 1.807) is 11.3 Å². The molecule has 0 saturated heterocycles. The molecule has 0 amide bonds. The van der Waals surface area contributed by atoms with Crippen molar-refractivity contribution in [2.45, 2.75) is 39.7 Å². The zero-order valence-electron chi connectivity index (χ0n) is 12.4. The van der Waals surface area contributed by atoms with Crippen molar-refractivity contribution in [3.05, 3.63) is 32.7 Å². The molecular weight excluding hydrogens is 348 g/mol. The van der Waals surface area contributed by atoms with E-state index in [0.717, 1.165) is 54.3 Å². The van der Waals surface area contributed by atoms with Crippen LogP contribution in [0, 0.1) is 0 Å². The lowest BCUT2D eigenvalue weighted by Gasteiger charge is -2.10. The zero-order valence-corrected chi connectivity index (χ0v) is 14.9. The number of aryl methyl sites for hydroxylation is 1. The first kappa shape index (κ1) is 16.2. The average Bonchev–Trinajstić information content (AvgIpc) is 2.89. The molecule has 0 aliphatic rings. The van der Waals surface area contributed by atoms with Gasteiger partial charge in [-0.25, -0.2) is 9.97 Å². The van der Waals surface area contributed by atoms with Crippen LogP contribution in [-0.2, 0) is 13.0 Å². The quantitative estimate of drug-likeness (QED) is 0.709. The van der Waals surface area contributed by atoms with E-state index in [-0.39, 0.29) is 0 Å². The third kappa shape index (κ3) is 5.28. The van der Waals surface area contributed by atoms with Gasteiger partial charge in [0.05, 0.1) is 6.54 Å². The molecule has 21 heavy (non-hydrogen) atoms. The molecule has 0 unspecified atom stereocenters. The summed E-state index contributed by atoms with van der Waals surface area (Å²) in [7, 11) is 0. The van der Waals surface area contributed by atoms with Gasteiger partial charge >= 0.3 is 0 Å². The fourth-order valence-corrected chi connectivity index (χ4v) is 3.28. The summed E-state index contributed by atoms with van der Waals surface area (Å²) in [6.07, 6.45) is 3.04. The minimum absolute atomic E-state index is 0.784. The van der Waals surface area contributed by atoms with Crippen LogP contribution in [-0.4, -0.2) is 16.5 Å². The highest BCUT2D eigenvalue weighted by molar-refractivity contribution is 9.10. The maximum Gasteiger partial charge on any atom is 0.133 e. The molecule has 0 aliphatic heterocycles. The van der Waals surface area contributed by atoms with Crippen LogP contribution in [0.5, 0.6) is 0 Å². The Balaban J connectivity index is 2.07. The summed E-state index contributed by atoms with van der Waals surface area (Å²) < 4.78 is 1.13. The molecule has 2 aromatic rings. The summed E-state index contributed by atoms with van der Waals surface area (Å²) >= 11 is 5.21. The predicted molar refractivity (Wildman–Crippen MR) is 94.2 cm³/mol. The SMILES string of the molecule is CCCNc1cc(NCc2cc(Br)cs2)nc(CCC)n1. The van der Waals surface area contributed by atoms with E-state index >= 15 is 0 Å². The molecule has 114 valence electrons. The van der Waals surface area contributed by atoms with Crippen LogP contribution in [0.1, 0.15) is 37.4 Å². The molecular formula is C15H21BrN4S. The summed E-state index contributed by atoms with van der Waals surface area (Å²) in [5, 5.41) is 8.82. The van der Waals surface area contributed by atoms with E-state index in [4.69, 9.17) is 0 Å². The number of hydrogen-bond acceptors (Lipinski definition) is 5. The lowest BCUT2D eigenvalue weighted by atomic mass is 10.3. The molecule has 4 nitrogen and oxygen atoms in total. The lowest BCUT2D eigenvalue weighted by molar-refractivity contribution is 0.831. The molecule has 2 N–H and O–H groups in total. The van der Waals surface area contributed by atoms with Crippen LogP contribution in [0.3, 0.4) is 0 Å². The Morgan fingerprint density at radius 2 is 1.86 bits per heavy atom. The Bertz CT molecular complexity index is 571. The highest BCUT2D eigenvalue weighted by Gasteiger charge is 2.05. The van der Waals surface area contributed by atoms with Crippen molar-refractivity contribution in [3.63, 3.8) is 0 Å². The summed E-state index contributed by atoms with van der Waals surface area (Å²) in [5.41, 5.74) is 0. The Morgan fingerprint density at radius 1 is 1.10 bits per heavy atom. The Kier molecular flexibility index (Phi) is 6.45. The number of anilines is 2. The first-order chi connectivity index (χ1) is 10.2. The number of aromatic nitrogens is 2. The topological polar surface area (TPSA) is 49.8 Å². The zero-order chi connectivity index (χ0) is 15.1. The van der Waals surface area contributed by atoms with Gasteiger partial charge in [0, 0.05) is 33.8 Å². The van der Waals surface area contributed by atoms with Crippen molar-refractivity contribution in [2.24, 2.45) is 0 Å². The molecule has 0 spiro atoms. The number of thiophene rings is 1. The molecule has 2 rings (SSSR count). The van der Waals surface area contributed by atoms with Crippen LogP contribution in [0.2, 0.25) is 0 Å². The Morgan fingerprint density at radius 3 is 2.48 bits per heavy atom. The second-order valence-electron chi connectivity index (χ2n) is 4.82. The van der Waals surface area contributed by atoms with Crippen molar-refractivity contribution in [1.82, 2.24) is 9.97 Å². The normalized spacial score (nSPS) is 10.6. The Labute approximate surface area is 138 Å². The Hall–Kier alpha value is -1.14. The van der Waals surface area contributed by atoms with E-state index < -0.39 is 0 Å². The van der Waals surface area contributed by atoms with Gasteiger partial charge in [-0.2, -0.15) is 0 Å². The molecule has 2 heterocycles. The molecule has 0 atom stereocenters. The van der Waals surface area contributed by atoms with Gasteiger partial charge in [0.25, 0.3) is 0 Å². The minimum Gasteiger partial charge on any atom is -0.370 e. The van der Waals surface area contributed by atoms with Gasteiger partial charge < -0.3 is 10.6 Å². The smallest absolute Gasteiger partial charge is 0.133 e. The molecule has 0 bridgehead atoms. The van der Waals surface area contributed by atoms with Crippen LogP contribution < -0.4 is 10.6 Å². The summed E-state index contributed by atoms with van der Waals surface area (Å²) in [6, 6.07) is 4.11. The van der Waals surface area contributed by atoms with E-state index in [9.17, 15) is 0 Å². The fourth-order valence-electron chi connectivity index (χ4n) is 1.89. The number of hydrogen-bond donors (Lipinski definition) is 2. The van der Waals surface area contributed by atoms with Gasteiger partial charge in [-0.1, -0.05) is 13.8 Å². The molecule has 0 saturated carbocycles. The molecule has 6 heteroatoms. The van der Waals surface area contributed by atoms with Crippen molar-refractivity contribution >= 4 is 38.9 Å². The monoisotopic (exact) mass is 368 g/mol. The largest absolute Gasteiger partial charge is 0.370 e. The van der Waals surface area contributed by atoms with Crippen LogP contribution in [0.4, 0.5) is 11.6 Å². The number of nitrogens with one attached hydrogen (secondary N) is 2. The maximum absolute atomic E-state index is 4.58. The number of halogens is 1. The third-order valence-electron chi connectivity index (χ3n) is 2.87. The summed E-state index contributed by atoms with van der Waals surface area (Å²) in [5.74, 6) is 2.69. The van der Waals surface area contributed by atoms with Gasteiger partial charge in [0.2, 0.25) is 0 Å². The van der Waals surface area contributed by atoms with E-state index in [0.29, 0.717) is 0 Å². The van der Waals surface area contributed by atoms with Gasteiger partial charge in [-0.15, -0.1) is 11.3 Å². The van der Waals surface area contributed by atoms with Gasteiger partial charge in [0.15, 0.2) is 0 Å². The first-order valence-corrected chi connectivity index (χ1v) is 8.97. The van der Waals surface area contributed by atoms with Crippen molar-refractivity contribution in [3.8, 4) is 0 Å². The van der Waals surface area contributed by atoms with E-state index in [1.165, 1.54) is 4.88 Å². The van der Waals surface area contributed by atoms with Crippen LogP contribution in [0.25, 0.3) is 0 Å². The first-order valence-electron chi connectivity index (χ1n) is 7.30. The molecule has 2 aromatic heterocycles. The fraction of sp³-hybridized carbons (Fsp3) is 0.467. The van der Waals surface area contributed by atoms with Crippen molar-refractivity contribution in [1.29, 1.82) is 0 Å². The number of rotatable bonds is 8. The van der Waals surface area contributed by atoms with Crippen molar-refractivity contribution in [2.75, 3.05) is 17.2 Å².